The Morgan fingerprint density at radius 1 is 0.709 bits per heavy atom. The van der Waals surface area contributed by atoms with E-state index in [0.29, 0.717) is 5.02 Å². The number of furan rings is 1. The predicted octanol–water partition coefficient (Wildman–Crippen LogP) is 14.4. The van der Waals surface area contributed by atoms with Crippen LogP contribution in [0.2, 0.25) is 5.02 Å². The van der Waals surface area contributed by atoms with Gasteiger partial charge >= 0.3 is 0 Å². The summed E-state index contributed by atoms with van der Waals surface area (Å²) >= 11 is 7.87. The van der Waals surface area contributed by atoms with Gasteiger partial charge < -0.3 is 9.32 Å². The van der Waals surface area contributed by atoms with Crippen LogP contribution < -0.4 is 4.90 Å². The highest BCUT2D eigenvalue weighted by Gasteiger charge is 2.41. The van der Waals surface area contributed by atoms with E-state index in [2.05, 4.69) is 172 Å². The summed E-state index contributed by atoms with van der Waals surface area (Å²) in [5, 5.41) is 4.29. The maximum Gasteiger partial charge on any atom is 0.136 e. The van der Waals surface area contributed by atoms with Crippen molar-refractivity contribution in [2.24, 2.45) is 0 Å². The van der Waals surface area contributed by atoms with Crippen molar-refractivity contribution >= 4 is 67.1 Å². The van der Waals surface area contributed by atoms with Crippen molar-refractivity contribution in [2.45, 2.75) is 66.2 Å². The van der Waals surface area contributed by atoms with Crippen molar-refractivity contribution in [3.05, 3.63) is 160 Å². The van der Waals surface area contributed by atoms with Gasteiger partial charge in [-0.1, -0.05) is 113 Å². The van der Waals surface area contributed by atoms with Crippen LogP contribution in [0, 0.1) is 20.8 Å². The fourth-order valence-electron chi connectivity index (χ4n) is 9.48. The van der Waals surface area contributed by atoms with Crippen molar-refractivity contribution in [3.8, 4) is 16.8 Å². The molecule has 0 bridgehead atoms. The molecular formula is C50H44ClN3O. The third-order valence-electron chi connectivity index (χ3n) is 11.9. The van der Waals surface area contributed by atoms with E-state index in [1.54, 1.807) is 0 Å². The van der Waals surface area contributed by atoms with E-state index >= 15 is 0 Å². The van der Waals surface area contributed by atoms with Crippen molar-refractivity contribution in [2.75, 3.05) is 4.90 Å². The summed E-state index contributed by atoms with van der Waals surface area (Å²) < 4.78 is 11.1. The number of imidazole rings is 1. The molecule has 6 aromatic carbocycles. The van der Waals surface area contributed by atoms with E-state index < -0.39 is 0 Å². The molecule has 3 aromatic heterocycles. The molecule has 1 aliphatic rings. The lowest BCUT2D eigenvalue weighted by Gasteiger charge is -2.28. The van der Waals surface area contributed by atoms with Crippen LogP contribution in [-0.4, -0.2) is 8.97 Å². The van der Waals surface area contributed by atoms with E-state index in [-0.39, 0.29) is 10.8 Å². The van der Waals surface area contributed by atoms with Gasteiger partial charge in [0.1, 0.15) is 17.5 Å². The highest BCUT2D eigenvalue weighted by Crippen LogP contribution is 2.54. The van der Waals surface area contributed by atoms with Crippen LogP contribution in [0.25, 0.3) is 55.2 Å². The first-order valence-corrected chi connectivity index (χ1v) is 19.6. The third kappa shape index (κ3) is 4.84. The molecule has 0 unspecified atom stereocenters. The quantitative estimate of drug-likeness (QED) is 0.180. The molecule has 0 N–H and O–H groups in total. The molecule has 5 heteroatoms. The number of aryl methyl sites for hydroxylation is 3. The fraction of sp³-hybridized carbons (Fsp3) is 0.200. The van der Waals surface area contributed by atoms with Crippen molar-refractivity contribution in [1.82, 2.24) is 8.97 Å². The molecule has 55 heavy (non-hydrogen) atoms. The molecule has 1 aliphatic carbocycles. The van der Waals surface area contributed by atoms with Gasteiger partial charge in [-0.15, -0.1) is 0 Å². The Hall–Kier alpha value is -5.71. The van der Waals surface area contributed by atoms with Crippen molar-refractivity contribution in [1.29, 1.82) is 0 Å². The van der Waals surface area contributed by atoms with Gasteiger partial charge in [-0.3, -0.25) is 8.97 Å². The van der Waals surface area contributed by atoms with Gasteiger partial charge in [0.2, 0.25) is 0 Å². The van der Waals surface area contributed by atoms with Gasteiger partial charge in [-0.25, -0.2) is 0 Å². The second-order valence-electron chi connectivity index (χ2n) is 17.1. The van der Waals surface area contributed by atoms with E-state index in [1.807, 2.05) is 18.4 Å². The largest absolute Gasteiger partial charge is 0.462 e. The number of fused-ring (bicyclic) bond motifs is 10. The van der Waals surface area contributed by atoms with Crippen LogP contribution in [0.5, 0.6) is 0 Å². The number of hydrogen-bond acceptors (Lipinski definition) is 2. The molecule has 0 radical (unpaired) electrons. The van der Waals surface area contributed by atoms with Crippen LogP contribution in [0.15, 0.2) is 126 Å². The first-order valence-electron chi connectivity index (χ1n) is 19.2. The van der Waals surface area contributed by atoms with E-state index in [1.165, 1.54) is 55.4 Å². The molecule has 10 rings (SSSR count). The van der Waals surface area contributed by atoms with Gasteiger partial charge in [0.15, 0.2) is 0 Å². The number of hydrogen-bond donors (Lipinski definition) is 0. The number of rotatable bonds is 4. The van der Waals surface area contributed by atoms with E-state index in [4.69, 9.17) is 16.0 Å². The average molecular weight is 738 g/mol. The lowest BCUT2D eigenvalue weighted by molar-refractivity contribution is 0.590. The Kier molecular flexibility index (Phi) is 7.16. The number of benzene rings is 6. The van der Waals surface area contributed by atoms with Crippen LogP contribution in [0.1, 0.15) is 68.1 Å². The highest BCUT2D eigenvalue weighted by molar-refractivity contribution is 6.36. The summed E-state index contributed by atoms with van der Waals surface area (Å²) in [5.41, 5.74) is 18.0. The Bertz CT molecular complexity index is 3040. The fourth-order valence-corrected chi connectivity index (χ4v) is 9.76. The van der Waals surface area contributed by atoms with Crippen molar-refractivity contribution in [3.63, 3.8) is 0 Å². The summed E-state index contributed by atoms with van der Waals surface area (Å²) in [6.07, 6.45) is 1.86. The summed E-state index contributed by atoms with van der Waals surface area (Å²) in [6.45, 7) is 18.1. The number of nitrogens with zero attached hydrogens (tertiary/aromatic N) is 3. The van der Waals surface area contributed by atoms with Crippen molar-refractivity contribution < 1.29 is 4.42 Å². The smallest absolute Gasteiger partial charge is 0.136 e. The summed E-state index contributed by atoms with van der Waals surface area (Å²) in [6, 6.07) is 42.0. The number of para-hydroxylation sites is 1. The monoisotopic (exact) mass is 737 g/mol. The zero-order chi connectivity index (χ0) is 38.1. The first kappa shape index (κ1) is 33.8. The Labute approximate surface area is 327 Å². The molecule has 4 nitrogen and oxygen atoms in total. The minimum atomic E-state index is -0.241. The van der Waals surface area contributed by atoms with Gasteiger partial charge in [-0.2, -0.15) is 0 Å². The van der Waals surface area contributed by atoms with E-state index in [0.717, 1.165) is 50.4 Å². The standard InChI is InChI=1S/C50H44ClN3O/c1-29-23-31(3)47-41(26-29)54-44(27-38-36-22-17-32-13-9-10-14-35(32)45(36)50(7,8)48(38)54)53(47)40-25-30(2)24-39(46(40)51)52(34-20-18-33(19-21-34)49(4,5)6)42-28-55-43-16-12-11-15-37(42)43/h9-28H,1-8H3. The molecule has 272 valence electrons. The molecule has 3 heterocycles. The van der Waals surface area contributed by atoms with Crippen LogP contribution >= 0.6 is 11.6 Å². The maximum atomic E-state index is 7.87. The minimum Gasteiger partial charge on any atom is -0.462 e. The van der Waals surface area contributed by atoms with Crippen LogP contribution in [0.4, 0.5) is 17.1 Å². The molecule has 0 atom stereocenters. The third-order valence-corrected chi connectivity index (χ3v) is 12.3. The topological polar surface area (TPSA) is 25.7 Å². The second-order valence-corrected chi connectivity index (χ2v) is 17.5. The highest BCUT2D eigenvalue weighted by atomic mass is 35.5. The zero-order valence-corrected chi connectivity index (χ0v) is 33.4. The zero-order valence-electron chi connectivity index (χ0n) is 32.7. The molecule has 0 spiro atoms. The number of aromatic nitrogens is 2. The number of halogens is 1. The molecule has 9 aromatic rings. The van der Waals surface area contributed by atoms with Gasteiger partial charge in [0.25, 0.3) is 0 Å². The summed E-state index contributed by atoms with van der Waals surface area (Å²) in [7, 11) is 0. The summed E-state index contributed by atoms with van der Waals surface area (Å²) in [4.78, 5) is 2.26. The molecule has 0 amide bonds. The average Bonchev–Trinajstić information content (AvgIpc) is 3.88. The van der Waals surface area contributed by atoms with Crippen LogP contribution in [-0.2, 0) is 10.8 Å². The van der Waals surface area contributed by atoms with Gasteiger partial charge in [0, 0.05) is 27.7 Å². The normalized spacial score (nSPS) is 13.7. The Morgan fingerprint density at radius 2 is 1.42 bits per heavy atom. The lowest BCUT2D eigenvalue weighted by atomic mass is 9.82. The van der Waals surface area contributed by atoms with Crippen LogP contribution in [0.3, 0.4) is 0 Å². The second kappa shape index (κ2) is 11.6. The van der Waals surface area contributed by atoms with Gasteiger partial charge in [0.05, 0.1) is 33.1 Å². The Morgan fingerprint density at radius 3 is 2.18 bits per heavy atom. The first-order chi connectivity index (χ1) is 26.3. The van der Waals surface area contributed by atoms with E-state index in [9.17, 15) is 0 Å². The molecule has 0 saturated heterocycles. The molecule has 0 fully saturated rings. The summed E-state index contributed by atoms with van der Waals surface area (Å²) in [5.74, 6) is 0. The lowest BCUT2D eigenvalue weighted by Crippen LogP contribution is -2.18. The maximum absolute atomic E-state index is 7.87. The SMILES string of the molecule is Cc1cc(N(c2ccc(C(C)(C)C)cc2)c2coc3ccccc23)c(Cl)c(-n2c3c(C)cc(C)cc3n3c4c(cc23)-c2ccc3ccccc3c2C4(C)C)c1. The Balaban J connectivity index is 1.27. The number of anilines is 3. The minimum absolute atomic E-state index is 0.0244. The molecular weight excluding hydrogens is 694 g/mol. The predicted molar refractivity (Wildman–Crippen MR) is 232 cm³/mol. The molecule has 0 saturated carbocycles. The molecule has 0 aliphatic heterocycles. The van der Waals surface area contributed by atoms with Gasteiger partial charge in [-0.05, 0) is 119 Å².